The highest BCUT2D eigenvalue weighted by atomic mass is 19.1. The Bertz CT molecular complexity index is 1300. The number of aromatic nitrogens is 5. The zero-order valence-electron chi connectivity index (χ0n) is 19.0. The van der Waals surface area contributed by atoms with E-state index in [0.717, 1.165) is 59.6 Å². The minimum absolute atomic E-state index is 0.202. The van der Waals surface area contributed by atoms with E-state index < -0.39 is 0 Å². The molecule has 2 aliphatic rings. The van der Waals surface area contributed by atoms with Gasteiger partial charge >= 0.3 is 0 Å². The number of aryl methyl sites for hydroxylation is 1. The Morgan fingerprint density at radius 3 is 2.62 bits per heavy atom. The fraction of sp³-hybridized carbons (Fsp3) is 0.308. The fourth-order valence-electron chi connectivity index (χ4n) is 4.69. The van der Waals surface area contributed by atoms with Gasteiger partial charge in [-0.1, -0.05) is 6.07 Å². The molecule has 1 aromatic carbocycles. The van der Waals surface area contributed by atoms with E-state index in [0.29, 0.717) is 6.04 Å². The highest BCUT2D eigenvalue weighted by Gasteiger charge is 2.32. The Kier molecular flexibility index (Phi) is 5.20. The molecule has 1 aliphatic carbocycles. The van der Waals surface area contributed by atoms with Gasteiger partial charge in [-0.25, -0.2) is 24.3 Å². The number of imidazole rings is 1. The minimum Gasteiger partial charge on any atom is -0.368 e. The van der Waals surface area contributed by atoms with Crippen LogP contribution in [0.3, 0.4) is 0 Å². The first kappa shape index (κ1) is 20.8. The second-order valence-corrected chi connectivity index (χ2v) is 8.97. The second-order valence-electron chi connectivity index (χ2n) is 8.97. The molecule has 172 valence electrons. The van der Waals surface area contributed by atoms with Crippen LogP contribution in [0.1, 0.15) is 31.1 Å². The number of hydrogen-bond acceptors (Lipinski definition) is 6. The van der Waals surface area contributed by atoms with Crippen LogP contribution in [-0.4, -0.2) is 44.1 Å². The molecule has 7 nitrogen and oxygen atoms in total. The Balaban J connectivity index is 1.42. The number of halogens is 1. The number of nitrogens with one attached hydrogen (secondary N) is 1. The van der Waals surface area contributed by atoms with Crippen molar-refractivity contribution in [2.24, 2.45) is 0 Å². The number of anilines is 2. The molecule has 4 aromatic rings. The van der Waals surface area contributed by atoms with Crippen LogP contribution < -0.4 is 10.2 Å². The third-order valence-electron chi connectivity index (χ3n) is 6.65. The summed E-state index contributed by atoms with van der Waals surface area (Å²) in [4.78, 5) is 21.1. The van der Waals surface area contributed by atoms with Crippen LogP contribution in [-0.2, 0) is 6.42 Å². The molecule has 0 saturated heterocycles. The molecule has 4 heterocycles. The highest BCUT2D eigenvalue weighted by molar-refractivity contribution is 5.78. The molecule has 1 aliphatic heterocycles. The van der Waals surface area contributed by atoms with Gasteiger partial charge in [0.05, 0.1) is 23.1 Å². The van der Waals surface area contributed by atoms with Gasteiger partial charge in [0.25, 0.3) is 0 Å². The van der Waals surface area contributed by atoms with Gasteiger partial charge in [0, 0.05) is 44.0 Å². The number of benzene rings is 1. The summed E-state index contributed by atoms with van der Waals surface area (Å²) < 4.78 is 16.0. The number of pyridine rings is 1. The van der Waals surface area contributed by atoms with Crippen molar-refractivity contribution < 1.29 is 4.39 Å². The van der Waals surface area contributed by atoms with Crippen LogP contribution in [0.4, 0.5) is 16.2 Å². The normalized spacial score (nSPS) is 16.9. The van der Waals surface area contributed by atoms with Crippen LogP contribution in [0.2, 0.25) is 0 Å². The van der Waals surface area contributed by atoms with Gasteiger partial charge in [0.1, 0.15) is 17.5 Å². The Morgan fingerprint density at radius 2 is 1.85 bits per heavy atom. The average Bonchev–Trinajstić information content (AvgIpc) is 3.55. The van der Waals surface area contributed by atoms with Gasteiger partial charge in [-0.05, 0) is 61.7 Å². The Hall–Kier alpha value is -3.81. The Labute approximate surface area is 197 Å². The van der Waals surface area contributed by atoms with E-state index >= 15 is 0 Å². The highest BCUT2D eigenvalue weighted by Crippen LogP contribution is 2.39. The van der Waals surface area contributed by atoms with Crippen LogP contribution in [0.5, 0.6) is 0 Å². The van der Waals surface area contributed by atoms with Gasteiger partial charge in [-0.15, -0.1) is 0 Å². The van der Waals surface area contributed by atoms with E-state index in [1.165, 1.54) is 25.0 Å². The predicted molar refractivity (Wildman–Crippen MR) is 130 cm³/mol. The van der Waals surface area contributed by atoms with Gasteiger partial charge in [-0.3, -0.25) is 0 Å². The van der Waals surface area contributed by atoms with E-state index in [1.54, 1.807) is 18.3 Å². The van der Waals surface area contributed by atoms with Crippen molar-refractivity contribution in [2.75, 3.05) is 23.8 Å². The smallest absolute Gasteiger partial charge is 0.225 e. The molecule has 0 unspecified atom stereocenters. The van der Waals surface area contributed by atoms with Crippen molar-refractivity contribution in [3.8, 4) is 22.6 Å². The maximum atomic E-state index is 13.7. The molecule has 8 heteroatoms. The van der Waals surface area contributed by atoms with Crippen molar-refractivity contribution in [3.05, 3.63) is 72.6 Å². The lowest BCUT2D eigenvalue weighted by Gasteiger charge is -2.20. The summed E-state index contributed by atoms with van der Waals surface area (Å²) in [5, 5.41) is 3.47. The summed E-state index contributed by atoms with van der Waals surface area (Å²) >= 11 is 0. The molecule has 3 aromatic heterocycles. The van der Waals surface area contributed by atoms with E-state index in [4.69, 9.17) is 9.97 Å². The Morgan fingerprint density at radius 1 is 1.00 bits per heavy atom. The lowest BCUT2D eigenvalue weighted by Crippen LogP contribution is -2.22. The number of rotatable bonds is 7. The van der Waals surface area contributed by atoms with Gasteiger partial charge in [-0.2, -0.15) is 0 Å². The first-order valence-corrected chi connectivity index (χ1v) is 11.8. The largest absolute Gasteiger partial charge is 0.368 e. The number of nitrogens with zero attached hydrogens (tertiary/aromatic N) is 6. The van der Waals surface area contributed by atoms with Crippen molar-refractivity contribution in [3.63, 3.8) is 0 Å². The molecule has 0 bridgehead atoms. The van der Waals surface area contributed by atoms with Crippen molar-refractivity contribution >= 4 is 11.8 Å². The molecule has 0 amide bonds. The third-order valence-corrected chi connectivity index (χ3v) is 6.65. The van der Waals surface area contributed by atoms with Gasteiger partial charge in [0.2, 0.25) is 5.95 Å². The summed E-state index contributed by atoms with van der Waals surface area (Å²) in [5.74, 6) is 2.34. The molecule has 0 spiro atoms. The molecule has 1 atom stereocenters. The SMILES string of the molecule is CN(c1nccc(-c2c(-c3ccc(F)cc3)nc3n2[C@H](CNc2ccccn2)CC3)n1)C1CC1. The lowest BCUT2D eigenvalue weighted by atomic mass is 10.1. The van der Waals surface area contributed by atoms with Crippen molar-refractivity contribution in [1.82, 2.24) is 24.5 Å². The summed E-state index contributed by atoms with van der Waals surface area (Å²) in [6, 6.07) is 15.1. The van der Waals surface area contributed by atoms with Crippen LogP contribution in [0.25, 0.3) is 22.6 Å². The maximum Gasteiger partial charge on any atom is 0.225 e. The standard InChI is InChI=1S/C26H26FN7/c1-33(19-9-10-19)26-29-15-13-21(31-26)25-24(17-5-7-18(27)8-6-17)32-23-12-11-20(34(23)25)16-30-22-4-2-3-14-28-22/h2-8,13-15,19-20H,9-12,16H2,1H3,(H,28,30)/t20-/m0/s1. The zero-order valence-corrected chi connectivity index (χ0v) is 19.0. The molecule has 1 N–H and O–H groups in total. The lowest BCUT2D eigenvalue weighted by molar-refractivity contribution is 0.557. The summed E-state index contributed by atoms with van der Waals surface area (Å²) in [5.41, 5.74) is 3.50. The molecule has 1 saturated carbocycles. The summed E-state index contributed by atoms with van der Waals surface area (Å²) in [7, 11) is 2.05. The van der Waals surface area contributed by atoms with Crippen LogP contribution >= 0.6 is 0 Å². The molecule has 0 radical (unpaired) electrons. The second kappa shape index (κ2) is 8.52. The van der Waals surface area contributed by atoms with Gasteiger partial charge < -0.3 is 14.8 Å². The monoisotopic (exact) mass is 455 g/mol. The number of fused-ring (bicyclic) bond motifs is 1. The fourth-order valence-corrected chi connectivity index (χ4v) is 4.69. The van der Waals surface area contributed by atoms with E-state index in [9.17, 15) is 4.39 Å². The van der Waals surface area contributed by atoms with Crippen molar-refractivity contribution in [1.29, 1.82) is 0 Å². The van der Waals surface area contributed by atoms with Crippen LogP contribution in [0.15, 0.2) is 60.9 Å². The quantitative estimate of drug-likeness (QED) is 0.434. The van der Waals surface area contributed by atoms with E-state index in [2.05, 4.69) is 31.8 Å². The topological polar surface area (TPSA) is 71.8 Å². The van der Waals surface area contributed by atoms with Gasteiger partial charge in [0.15, 0.2) is 0 Å². The predicted octanol–water partition coefficient (Wildman–Crippen LogP) is 4.74. The zero-order chi connectivity index (χ0) is 23.1. The summed E-state index contributed by atoms with van der Waals surface area (Å²) in [6.07, 6.45) is 7.82. The molecular weight excluding hydrogens is 429 g/mol. The van der Waals surface area contributed by atoms with Crippen molar-refractivity contribution in [2.45, 2.75) is 37.8 Å². The number of hydrogen-bond donors (Lipinski definition) is 1. The average molecular weight is 456 g/mol. The molecular formula is C26H26FN7. The molecule has 1 fully saturated rings. The van der Waals surface area contributed by atoms with Crippen LogP contribution in [0, 0.1) is 5.82 Å². The molecule has 6 rings (SSSR count). The molecule has 34 heavy (non-hydrogen) atoms. The first-order chi connectivity index (χ1) is 16.7. The van der Waals surface area contributed by atoms with E-state index in [1.807, 2.05) is 30.5 Å². The maximum absolute atomic E-state index is 13.7. The first-order valence-electron chi connectivity index (χ1n) is 11.8. The van der Waals surface area contributed by atoms with E-state index in [-0.39, 0.29) is 11.9 Å². The third kappa shape index (κ3) is 3.89. The minimum atomic E-state index is -0.259. The summed E-state index contributed by atoms with van der Waals surface area (Å²) in [6.45, 7) is 0.732.